The fourth-order valence-corrected chi connectivity index (χ4v) is 2.59. The predicted octanol–water partition coefficient (Wildman–Crippen LogP) is 2.22. The number of furan rings is 1. The molecule has 1 saturated heterocycles. The van der Waals surface area contributed by atoms with Gasteiger partial charge in [-0.1, -0.05) is 6.92 Å². The second-order valence-electron chi connectivity index (χ2n) is 4.69. The highest BCUT2D eigenvalue weighted by Crippen LogP contribution is 2.24. The van der Waals surface area contributed by atoms with Crippen LogP contribution in [0, 0.1) is 11.8 Å². The number of amides is 1. The van der Waals surface area contributed by atoms with Gasteiger partial charge in [0.05, 0.1) is 5.92 Å². The summed E-state index contributed by atoms with van der Waals surface area (Å²) in [4.78, 5) is 24.7. The average Bonchev–Trinajstić information content (AvgIpc) is 2.74. The van der Waals surface area contributed by atoms with Gasteiger partial charge in [-0.15, -0.1) is 0 Å². The number of halogens is 1. The van der Waals surface area contributed by atoms with E-state index in [-0.39, 0.29) is 24.1 Å². The van der Waals surface area contributed by atoms with Crippen LogP contribution < -0.4 is 0 Å². The van der Waals surface area contributed by atoms with Crippen molar-refractivity contribution in [1.29, 1.82) is 0 Å². The molecule has 1 aromatic heterocycles. The van der Waals surface area contributed by atoms with Gasteiger partial charge in [0, 0.05) is 13.1 Å². The first-order chi connectivity index (χ1) is 8.47. The maximum Gasteiger partial charge on any atom is 0.308 e. The van der Waals surface area contributed by atoms with Crippen molar-refractivity contribution in [3.05, 3.63) is 22.6 Å². The number of piperidine rings is 1. The maximum atomic E-state index is 12.1. The van der Waals surface area contributed by atoms with Crippen molar-refractivity contribution >= 4 is 27.8 Å². The normalized spacial score (nSPS) is 24.0. The van der Waals surface area contributed by atoms with Crippen LogP contribution in [0.5, 0.6) is 0 Å². The molecule has 1 amide bonds. The van der Waals surface area contributed by atoms with Crippen molar-refractivity contribution in [3.8, 4) is 0 Å². The number of carbonyl (C=O) groups is 2. The summed E-state index contributed by atoms with van der Waals surface area (Å²) >= 11 is 3.14. The van der Waals surface area contributed by atoms with Crippen molar-refractivity contribution in [3.63, 3.8) is 0 Å². The number of nitrogens with zero attached hydrogens (tertiary/aromatic N) is 1. The van der Waals surface area contributed by atoms with Gasteiger partial charge >= 0.3 is 5.97 Å². The minimum atomic E-state index is -0.847. The molecule has 0 aromatic carbocycles. The van der Waals surface area contributed by atoms with Gasteiger partial charge in [0.25, 0.3) is 5.91 Å². The average molecular weight is 316 g/mol. The number of hydrogen-bond acceptors (Lipinski definition) is 3. The van der Waals surface area contributed by atoms with E-state index in [1.165, 1.54) is 0 Å². The summed E-state index contributed by atoms with van der Waals surface area (Å²) in [6.45, 7) is 2.77. The monoisotopic (exact) mass is 315 g/mol. The molecule has 0 aliphatic carbocycles. The summed E-state index contributed by atoms with van der Waals surface area (Å²) < 4.78 is 5.70. The van der Waals surface area contributed by atoms with Crippen LogP contribution in [-0.4, -0.2) is 35.0 Å². The molecule has 1 N–H and O–H groups in total. The molecular weight excluding hydrogens is 302 g/mol. The van der Waals surface area contributed by atoms with Crippen LogP contribution in [0.1, 0.15) is 23.9 Å². The predicted molar refractivity (Wildman–Crippen MR) is 67.2 cm³/mol. The molecule has 6 heteroatoms. The molecular formula is C12H14BrNO4. The van der Waals surface area contributed by atoms with E-state index in [0.717, 1.165) is 0 Å². The van der Waals surface area contributed by atoms with E-state index >= 15 is 0 Å². The number of aliphatic carboxylic acids is 1. The number of rotatable bonds is 2. The summed E-state index contributed by atoms with van der Waals surface area (Å²) in [5, 5.41) is 9.06. The molecule has 2 unspecified atom stereocenters. The molecule has 1 aromatic rings. The standard InChI is InChI=1S/C12H14BrNO4/c1-7-4-8(12(16)17)6-14(5-7)11(15)9-2-3-10(13)18-9/h2-3,7-8H,4-6H2,1H3,(H,16,17). The van der Waals surface area contributed by atoms with Gasteiger partial charge in [-0.05, 0) is 40.4 Å². The molecule has 0 spiro atoms. The molecule has 2 atom stereocenters. The van der Waals surface area contributed by atoms with Crippen LogP contribution in [0.4, 0.5) is 0 Å². The number of hydrogen-bond donors (Lipinski definition) is 1. The van der Waals surface area contributed by atoms with Gasteiger partial charge < -0.3 is 14.4 Å². The van der Waals surface area contributed by atoms with Crippen LogP contribution in [0.15, 0.2) is 21.2 Å². The van der Waals surface area contributed by atoms with Crippen molar-refractivity contribution in [2.45, 2.75) is 13.3 Å². The molecule has 18 heavy (non-hydrogen) atoms. The van der Waals surface area contributed by atoms with Gasteiger partial charge in [-0.3, -0.25) is 9.59 Å². The lowest BCUT2D eigenvalue weighted by atomic mass is 9.90. The Labute approximate surface area is 113 Å². The Kier molecular flexibility index (Phi) is 3.75. The minimum Gasteiger partial charge on any atom is -0.481 e. The van der Waals surface area contributed by atoms with Gasteiger partial charge in [0.15, 0.2) is 10.4 Å². The molecule has 2 heterocycles. The van der Waals surface area contributed by atoms with Crippen LogP contribution in [0.2, 0.25) is 0 Å². The topological polar surface area (TPSA) is 70.8 Å². The van der Waals surface area contributed by atoms with Gasteiger partial charge in [0.2, 0.25) is 0 Å². The Morgan fingerprint density at radius 2 is 2.17 bits per heavy atom. The zero-order valence-electron chi connectivity index (χ0n) is 9.93. The SMILES string of the molecule is CC1CC(C(=O)O)CN(C(=O)c2ccc(Br)o2)C1. The van der Waals surface area contributed by atoms with E-state index in [2.05, 4.69) is 15.9 Å². The fourth-order valence-electron chi connectivity index (χ4n) is 2.28. The molecule has 0 saturated carbocycles. The molecule has 5 nitrogen and oxygen atoms in total. The zero-order valence-corrected chi connectivity index (χ0v) is 11.5. The Balaban J connectivity index is 2.12. The number of carbonyl (C=O) groups excluding carboxylic acids is 1. The largest absolute Gasteiger partial charge is 0.481 e. The van der Waals surface area contributed by atoms with Crippen LogP contribution >= 0.6 is 15.9 Å². The third-order valence-corrected chi connectivity index (χ3v) is 3.51. The lowest BCUT2D eigenvalue weighted by molar-refractivity contribution is -0.143. The van der Waals surface area contributed by atoms with Crippen molar-refractivity contribution in [2.24, 2.45) is 11.8 Å². The highest BCUT2D eigenvalue weighted by molar-refractivity contribution is 9.10. The summed E-state index contributed by atoms with van der Waals surface area (Å²) in [7, 11) is 0. The molecule has 0 radical (unpaired) electrons. The van der Waals surface area contributed by atoms with Gasteiger partial charge in [-0.25, -0.2) is 0 Å². The second kappa shape index (κ2) is 5.14. The van der Waals surface area contributed by atoms with E-state index in [1.54, 1.807) is 17.0 Å². The van der Waals surface area contributed by atoms with Gasteiger partial charge in [-0.2, -0.15) is 0 Å². The summed E-state index contributed by atoms with van der Waals surface area (Å²) in [6.07, 6.45) is 0.612. The molecule has 1 aliphatic rings. The number of likely N-dealkylation sites (tertiary alicyclic amines) is 1. The summed E-state index contributed by atoms with van der Waals surface area (Å²) in [5.74, 6) is -1.17. The van der Waals surface area contributed by atoms with Crippen molar-refractivity contribution < 1.29 is 19.1 Å². The van der Waals surface area contributed by atoms with E-state index in [9.17, 15) is 9.59 Å². The van der Waals surface area contributed by atoms with E-state index < -0.39 is 11.9 Å². The second-order valence-corrected chi connectivity index (χ2v) is 5.47. The summed E-state index contributed by atoms with van der Waals surface area (Å²) in [5.41, 5.74) is 0. The first-order valence-corrected chi connectivity index (χ1v) is 6.54. The molecule has 0 bridgehead atoms. The number of carboxylic acid groups (broad SMARTS) is 1. The Bertz CT molecular complexity index is 470. The molecule has 98 valence electrons. The summed E-state index contributed by atoms with van der Waals surface area (Å²) in [6, 6.07) is 3.23. The fraction of sp³-hybridized carbons (Fsp3) is 0.500. The Morgan fingerprint density at radius 1 is 1.44 bits per heavy atom. The first-order valence-electron chi connectivity index (χ1n) is 5.74. The Hall–Kier alpha value is -1.30. The quantitative estimate of drug-likeness (QED) is 0.908. The molecule has 2 rings (SSSR count). The minimum absolute atomic E-state index is 0.183. The highest BCUT2D eigenvalue weighted by Gasteiger charge is 2.33. The van der Waals surface area contributed by atoms with Crippen LogP contribution in [-0.2, 0) is 4.79 Å². The van der Waals surface area contributed by atoms with E-state index in [4.69, 9.17) is 9.52 Å². The molecule has 1 aliphatic heterocycles. The molecule has 1 fully saturated rings. The highest BCUT2D eigenvalue weighted by atomic mass is 79.9. The van der Waals surface area contributed by atoms with Crippen molar-refractivity contribution in [1.82, 2.24) is 4.90 Å². The van der Waals surface area contributed by atoms with E-state index in [0.29, 0.717) is 17.6 Å². The third-order valence-electron chi connectivity index (χ3n) is 3.08. The van der Waals surface area contributed by atoms with Crippen LogP contribution in [0.3, 0.4) is 0 Å². The maximum absolute atomic E-state index is 12.1. The third kappa shape index (κ3) is 2.75. The van der Waals surface area contributed by atoms with Gasteiger partial charge in [0.1, 0.15) is 0 Å². The van der Waals surface area contributed by atoms with E-state index in [1.807, 2.05) is 6.92 Å². The lowest BCUT2D eigenvalue weighted by Gasteiger charge is -2.34. The first kappa shape index (κ1) is 13.1. The Morgan fingerprint density at radius 3 is 2.72 bits per heavy atom. The smallest absolute Gasteiger partial charge is 0.308 e. The van der Waals surface area contributed by atoms with Crippen molar-refractivity contribution in [2.75, 3.05) is 13.1 Å². The lowest BCUT2D eigenvalue weighted by Crippen LogP contribution is -2.45. The number of carboxylic acids is 1. The zero-order chi connectivity index (χ0) is 13.3. The van der Waals surface area contributed by atoms with Crippen LogP contribution in [0.25, 0.3) is 0 Å².